The molecule has 1 aliphatic heterocycles. The van der Waals surface area contributed by atoms with Crippen molar-refractivity contribution in [3.05, 3.63) is 30.9 Å². The van der Waals surface area contributed by atoms with Crippen LogP contribution in [0.15, 0.2) is 25.2 Å². The maximum absolute atomic E-state index is 12.2. The van der Waals surface area contributed by atoms with Crippen molar-refractivity contribution >= 4 is 16.2 Å². The van der Waals surface area contributed by atoms with Gasteiger partial charge < -0.3 is 14.2 Å². The van der Waals surface area contributed by atoms with E-state index in [2.05, 4.69) is 11.6 Å². The minimum Gasteiger partial charge on any atom is -0.445 e. The van der Waals surface area contributed by atoms with Gasteiger partial charge >= 0.3 is 6.09 Å². The molecule has 0 N–H and O–H groups in total. The summed E-state index contributed by atoms with van der Waals surface area (Å²) in [7, 11) is -3.61. The molecule has 9 nitrogen and oxygen atoms in total. The highest BCUT2D eigenvalue weighted by atomic mass is 32.2. The highest BCUT2D eigenvalue weighted by molar-refractivity contribution is 7.86. The number of hydrogen-bond donors (Lipinski definition) is 0. The van der Waals surface area contributed by atoms with E-state index in [0.717, 1.165) is 6.26 Å². The Balaban J connectivity index is 2.03. The fourth-order valence-electron chi connectivity index (χ4n) is 2.74. The predicted octanol–water partition coefficient (Wildman–Crippen LogP) is 0.887. The smallest absolute Gasteiger partial charge is 0.410 e. The van der Waals surface area contributed by atoms with Gasteiger partial charge in [-0.05, 0) is 12.8 Å². The number of likely N-dealkylation sites (tertiary alicyclic amines) is 1. The zero-order chi connectivity index (χ0) is 18.4. The average Bonchev–Trinajstić information content (AvgIpc) is 3.15. The van der Waals surface area contributed by atoms with Gasteiger partial charge in [-0.15, -0.1) is 0 Å². The number of rotatable bonds is 7. The van der Waals surface area contributed by atoms with Gasteiger partial charge in [-0.2, -0.15) is 13.7 Å². The average molecular weight is 368 g/mol. The molecule has 0 radical (unpaired) electrons. The second-order valence-corrected chi connectivity index (χ2v) is 7.33. The SMILES string of the molecule is C=CCOC(=O)N1C[C@H](OS(C)(=O)=O)C[C@H]1CCn1cnc(C#N)c1. The Bertz CT molecular complexity index is 767. The maximum Gasteiger partial charge on any atom is 0.410 e. The largest absolute Gasteiger partial charge is 0.445 e. The number of aryl methyl sites for hydroxylation is 1. The Kier molecular flexibility index (Phi) is 6.17. The molecule has 2 atom stereocenters. The van der Waals surface area contributed by atoms with Gasteiger partial charge in [0.2, 0.25) is 0 Å². The molecule has 0 unspecified atom stereocenters. The molecule has 25 heavy (non-hydrogen) atoms. The van der Waals surface area contributed by atoms with Gasteiger partial charge in [0.15, 0.2) is 5.69 Å². The van der Waals surface area contributed by atoms with Crippen molar-refractivity contribution in [2.45, 2.75) is 31.5 Å². The number of amides is 1. The van der Waals surface area contributed by atoms with Crippen LogP contribution in [0.5, 0.6) is 0 Å². The summed E-state index contributed by atoms with van der Waals surface area (Å²) in [6, 6.07) is 1.71. The quantitative estimate of drug-likeness (QED) is 0.518. The van der Waals surface area contributed by atoms with Crippen LogP contribution >= 0.6 is 0 Å². The number of ether oxygens (including phenoxy) is 1. The summed E-state index contributed by atoms with van der Waals surface area (Å²) in [5.74, 6) is 0. The summed E-state index contributed by atoms with van der Waals surface area (Å²) in [4.78, 5) is 17.6. The van der Waals surface area contributed by atoms with Crippen molar-refractivity contribution in [1.29, 1.82) is 5.26 Å². The molecule has 0 saturated carbocycles. The second kappa shape index (κ2) is 8.13. The molecule has 0 aliphatic carbocycles. The van der Waals surface area contributed by atoms with Crippen LogP contribution in [0.25, 0.3) is 0 Å². The Morgan fingerprint density at radius 1 is 1.60 bits per heavy atom. The fraction of sp³-hybridized carbons (Fsp3) is 0.533. The molecule has 0 bridgehead atoms. The third-order valence-corrected chi connectivity index (χ3v) is 4.34. The van der Waals surface area contributed by atoms with Crippen LogP contribution in [-0.4, -0.2) is 60.5 Å². The lowest BCUT2D eigenvalue weighted by molar-refractivity contribution is 0.102. The number of imidazole rings is 1. The maximum atomic E-state index is 12.2. The minimum absolute atomic E-state index is 0.0761. The Morgan fingerprint density at radius 3 is 2.96 bits per heavy atom. The normalized spacial score (nSPS) is 20.2. The summed E-state index contributed by atoms with van der Waals surface area (Å²) in [5, 5.41) is 8.79. The van der Waals surface area contributed by atoms with Gasteiger partial charge in [0, 0.05) is 18.8 Å². The van der Waals surface area contributed by atoms with Crippen molar-refractivity contribution in [3.63, 3.8) is 0 Å². The number of carbonyl (C=O) groups is 1. The van der Waals surface area contributed by atoms with E-state index in [1.165, 1.54) is 11.0 Å². The molecule has 0 aromatic carbocycles. The Hall–Kier alpha value is -2.38. The van der Waals surface area contributed by atoms with E-state index >= 15 is 0 Å². The van der Waals surface area contributed by atoms with Crippen molar-refractivity contribution in [2.24, 2.45) is 0 Å². The summed E-state index contributed by atoms with van der Waals surface area (Å²) in [6.07, 6.45) is 5.39. The summed E-state index contributed by atoms with van der Waals surface area (Å²) in [6.45, 7) is 4.23. The highest BCUT2D eigenvalue weighted by Crippen LogP contribution is 2.25. The van der Waals surface area contributed by atoms with Gasteiger partial charge in [0.05, 0.1) is 25.2 Å². The predicted molar refractivity (Wildman–Crippen MR) is 87.9 cm³/mol. The third-order valence-electron chi connectivity index (χ3n) is 3.71. The molecule has 1 fully saturated rings. The Morgan fingerprint density at radius 2 is 2.36 bits per heavy atom. The molecular formula is C15H20N4O5S. The van der Waals surface area contributed by atoms with Gasteiger partial charge in [-0.3, -0.25) is 4.18 Å². The monoisotopic (exact) mass is 368 g/mol. The first-order chi connectivity index (χ1) is 11.8. The first-order valence-electron chi connectivity index (χ1n) is 7.67. The summed E-state index contributed by atoms with van der Waals surface area (Å²) in [5.41, 5.74) is 0.312. The first-order valence-corrected chi connectivity index (χ1v) is 9.48. The highest BCUT2D eigenvalue weighted by Gasteiger charge is 2.38. The molecule has 10 heteroatoms. The van der Waals surface area contributed by atoms with Crippen molar-refractivity contribution in [3.8, 4) is 6.07 Å². The molecular weight excluding hydrogens is 348 g/mol. The van der Waals surface area contributed by atoms with Gasteiger partial charge in [-0.1, -0.05) is 12.7 Å². The number of aromatic nitrogens is 2. The van der Waals surface area contributed by atoms with Gasteiger partial charge in [0.1, 0.15) is 12.7 Å². The van der Waals surface area contributed by atoms with Crippen molar-refractivity contribution < 1.29 is 22.1 Å². The van der Waals surface area contributed by atoms with E-state index in [-0.39, 0.29) is 19.2 Å². The van der Waals surface area contributed by atoms with E-state index in [1.54, 1.807) is 17.1 Å². The number of hydrogen-bond acceptors (Lipinski definition) is 7. The minimum atomic E-state index is -3.61. The van der Waals surface area contributed by atoms with Crippen LogP contribution in [0.4, 0.5) is 4.79 Å². The lowest BCUT2D eigenvalue weighted by Gasteiger charge is -2.23. The second-order valence-electron chi connectivity index (χ2n) is 5.73. The zero-order valence-electron chi connectivity index (χ0n) is 13.9. The van der Waals surface area contributed by atoms with E-state index in [4.69, 9.17) is 14.2 Å². The standard InChI is InChI=1S/C15H20N4O5S/c1-3-6-23-15(20)19-10-14(24-25(2,21)22)7-13(19)4-5-18-9-12(8-16)17-11-18/h3,9,11,13-14H,1,4-7,10H2,2H3/t13-,14-/m1/s1. The first kappa shape index (κ1) is 19.0. The van der Waals surface area contributed by atoms with Crippen molar-refractivity contribution in [2.75, 3.05) is 19.4 Å². The molecule has 1 aliphatic rings. The van der Waals surface area contributed by atoms with E-state index in [9.17, 15) is 13.2 Å². The molecule has 1 aromatic heterocycles. The molecule has 0 spiro atoms. The van der Waals surface area contributed by atoms with E-state index in [0.29, 0.717) is 25.1 Å². The van der Waals surface area contributed by atoms with Crippen LogP contribution < -0.4 is 0 Å². The van der Waals surface area contributed by atoms with E-state index < -0.39 is 22.3 Å². The van der Waals surface area contributed by atoms with Gasteiger partial charge in [-0.25, -0.2) is 9.78 Å². The number of nitriles is 1. The van der Waals surface area contributed by atoms with Crippen LogP contribution in [0, 0.1) is 11.3 Å². The lowest BCUT2D eigenvalue weighted by Crippen LogP contribution is -2.37. The molecule has 136 valence electrons. The van der Waals surface area contributed by atoms with E-state index in [1.807, 2.05) is 6.07 Å². The topological polar surface area (TPSA) is 115 Å². The fourth-order valence-corrected chi connectivity index (χ4v) is 3.37. The van der Waals surface area contributed by atoms with Crippen molar-refractivity contribution in [1.82, 2.24) is 14.5 Å². The molecule has 2 rings (SSSR count). The summed E-state index contributed by atoms with van der Waals surface area (Å²) < 4.78 is 34.5. The van der Waals surface area contributed by atoms with Gasteiger partial charge in [0.25, 0.3) is 10.1 Å². The summed E-state index contributed by atoms with van der Waals surface area (Å²) >= 11 is 0. The van der Waals surface area contributed by atoms with Crippen LogP contribution in [0.3, 0.4) is 0 Å². The van der Waals surface area contributed by atoms with Crippen LogP contribution in [0.2, 0.25) is 0 Å². The van der Waals surface area contributed by atoms with Crippen LogP contribution in [0.1, 0.15) is 18.5 Å². The Labute approximate surface area is 146 Å². The van der Waals surface area contributed by atoms with Crippen LogP contribution in [-0.2, 0) is 25.6 Å². The lowest BCUT2D eigenvalue weighted by atomic mass is 10.1. The zero-order valence-corrected chi connectivity index (χ0v) is 14.7. The molecule has 1 amide bonds. The molecule has 1 aromatic rings. The number of nitrogens with zero attached hydrogens (tertiary/aromatic N) is 4. The molecule has 1 saturated heterocycles. The third kappa shape index (κ3) is 5.58. The molecule has 2 heterocycles. The number of carbonyl (C=O) groups excluding carboxylic acids is 1.